The second-order valence-electron chi connectivity index (χ2n) is 8.53. The molecule has 0 aromatic heterocycles. The number of rotatable bonds is 2. The Morgan fingerprint density at radius 1 is 0.792 bits per heavy atom. The normalized spacial score (nSPS) is 54.3. The van der Waals surface area contributed by atoms with Gasteiger partial charge in [-0.05, 0) is 63.5 Å². The zero-order chi connectivity index (χ0) is 17.0. The lowest BCUT2D eigenvalue weighted by molar-refractivity contribution is -0.317. The van der Waals surface area contributed by atoms with Crippen LogP contribution in [0.4, 0.5) is 0 Å². The van der Waals surface area contributed by atoms with Crippen LogP contribution in [-0.2, 0) is 19.1 Å². The molecule has 0 aromatic carbocycles. The molecule has 4 aliphatic heterocycles. The van der Waals surface area contributed by atoms with Crippen LogP contribution in [0.3, 0.4) is 0 Å². The number of carbonyl (C=O) groups excluding carboxylic acids is 2. The van der Waals surface area contributed by atoms with Gasteiger partial charge in [0.1, 0.15) is 0 Å². The van der Waals surface area contributed by atoms with Crippen molar-refractivity contribution in [2.24, 2.45) is 23.7 Å². The van der Waals surface area contributed by atoms with Crippen molar-refractivity contribution in [3.8, 4) is 0 Å². The summed E-state index contributed by atoms with van der Waals surface area (Å²) >= 11 is 0. The van der Waals surface area contributed by atoms with Gasteiger partial charge in [-0.3, -0.25) is 9.80 Å². The second-order valence-corrected chi connectivity index (χ2v) is 8.53. The molecule has 0 amide bonds. The zero-order valence-corrected chi connectivity index (χ0v) is 14.8. The number of esters is 2. The third kappa shape index (κ3) is 1.17. The highest BCUT2D eigenvalue weighted by molar-refractivity contribution is 5.97. The fourth-order valence-corrected chi connectivity index (χ4v) is 8.04. The molecule has 0 N–H and O–H groups in total. The van der Waals surface area contributed by atoms with Crippen LogP contribution in [0.25, 0.3) is 0 Å². The Labute approximate surface area is 142 Å². The zero-order valence-electron chi connectivity index (χ0n) is 14.8. The molecular weight excluding hydrogens is 308 g/mol. The summed E-state index contributed by atoms with van der Waals surface area (Å²) in [4.78, 5) is 31.0. The SMILES string of the molecule is COC(=O)C12C3CC4CC5C3CC(CC5C1(C(=O)OC)N4C)N2C. The highest BCUT2D eigenvalue weighted by atomic mass is 16.5. The number of hydrogen-bond acceptors (Lipinski definition) is 6. The standard InChI is InChI=1S/C18H26N2O4/c1-19-9-5-11-12-6-10-8-13(11)17(19,15(21)23-3)18(20(10)2,14(12)7-9)16(22)24-4/h9-14H,5-8H2,1-4H3. The van der Waals surface area contributed by atoms with E-state index in [-0.39, 0.29) is 23.8 Å². The van der Waals surface area contributed by atoms with E-state index in [1.165, 1.54) is 14.2 Å². The van der Waals surface area contributed by atoms with Gasteiger partial charge in [-0.2, -0.15) is 0 Å². The van der Waals surface area contributed by atoms with E-state index < -0.39 is 11.1 Å². The third-order valence-corrected chi connectivity index (χ3v) is 8.58. The molecule has 7 fully saturated rings. The molecule has 8 bridgehead atoms. The van der Waals surface area contributed by atoms with Gasteiger partial charge in [0.15, 0.2) is 11.1 Å². The Bertz CT molecular complexity index is 585. The van der Waals surface area contributed by atoms with Gasteiger partial charge in [-0.25, -0.2) is 9.59 Å². The van der Waals surface area contributed by atoms with Gasteiger partial charge < -0.3 is 9.47 Å². The summed E-state index contributed by atoms with van der Waals surface area (Å²) in [6, 6.07) is 0.736. The fraction of sp³-hybridized carbons (Fsp3) is 0.889. The van der Waals surface area contributed by atoms with Crippen molar-refractivity contribution in [2.45, 2.75) is 48.8 Å². The van der Waals surface area contributed by atoms with Crippen LogP contribution in [-0.4, -0.2) is 73.2 Å². The van der Waals surface area contributed by atoms with Crippen molar-refractivity contribution < 1.29 is 19.1 Å². The maximum Gasteiger partial charge on any atom is 0.329 e. The number of methoxy groups -OCH3 is 2. The molecule has 4 heterocycles. The van der Waals surface area contributed by atoms with Crippen molar-refractivity contribution in [3.63, 3.8) is 0 Å². The minimum absolute atomic E-state index is 0.196. The van der Waals surface area contributed by atoms with Crippen LogP contribution in [0.15, 0.2) is 0 Å². The molecule has 6 heteroatoms. The number of likely N-dealkylation sites (N-methyl/N-ethyl adjacent to an activating group) is 2. The van der Waals surface area contributed by atoms with E-state index in [4.69, 9.17) is 9.47 Å². The summed E-state index contributed by atoms with van der Waals surface area (Å²) in [5.41, 5.74) is -1.79. The van der Waals surface area contributed by atoms with E-state index >= 15 is 0 Å². The van der Waals surface area contributed by atoms with Gasteiger partial charge in [0.2, 0.25) is 0 Å². The van der Waals surface area contributed by atoms with Gasteiger partial charge >= 0.3 is 11.9 Å². The first-order chi connectivity index (χ1) is 11.5. The summed E-state index contributed by atoms with van der Waals surface area (Å²) in [5, 5.41) is 0. The highest BCUT2D eigenvalue weighted by Crippen LogP contribution is 2.72. The molecule has 8 unspecified atom stereocenters. The molecule has 3 aliphatic carbocycles. The molecule has 0 aromatic rings. The van der Waals surface area contributed by atoms with E-state index in [9.17, 15) is 9.59 Å². The van der Waals surface area contributed by atoms with Crippen molar-refractivity contribution in [1.29, 1.82) is 0 Å². The Morgan fingerprint density at radius 3 is 1.50 bits per heavy atom. The molecule has 0 spiro atoms. The molecule has 7 rings (SSSR count). The lowest BCUT2D eigenvalue weighted by Gasteiger charge is -2.80. The van der Waals surface area contributed by atoms with Gasteiger partial charge in [0, 0.05) is 12.1 Å². The second kappa shape index (κ2) is 4.33. The molecule has 3 saturated carbocycles. The minimum Gasteiger partial charge on any atom is -0.468 e. The van der Waals surface area contributed by atoms with E-state index in [1.807, 2.05) is 14.1 Å². The maximum atomic E-state index is 13.3. The predicted molar refractivity (Wildman–Crippen MR) is 85.0 cm³/mol. The third-order valence-electron chi connectivity index (χ3n) is 8.58. The summed E-state index contributed by atoms with van der Waals surface area (Å²) in [6.07, 6.45) is 4.29. The Kier molecular flexibility index (Phi) is 2.73. The first kappa shape index (κ1) is 15.1. The van der Waals surface area contributed by atoms with E-state index in [0.717, 1.165) is 25.7 Å². The molecule has 7 aliphatic rings. The van der Waals surface area contributed by atoms with Crippen molar-refractivity contribution in [2.75, 3.05) is 28.3 Å². The van der Waals surface area contributed by atoms with Gasteiger partial charge in [0.25, 0.3) is 0 Å². The fourth-order valence-electron chi connectivity index (χ4n) is 8.04. The predicted octanol–water partition coefficient (Wildman–Crippen LogP) is 0.504. The average Bonchev–Trinajstić information content (AvgIpc) is 2.60. The quantitative estimate of drug-likeness (QED) is 0.686. The van der Waals surface area contributed by atoms with E-state index in [1.54, 1.807) is 0 Å². The van der Waals surface area contributed by atoms with Crippen LogP contribution >= 0.6 is 0 Å². The van der Waals surface area contributed by atoms with Crippen LogP contribution in [0.1, 0.15) is 25.7 Å². The summed E-state index contributed by atoms with van der Waals surface area (Å²) in [6.45, 7) is 0. The number of nitrogens with zero attached hydrogens (tertiary/aromatic N) is 2. The Morgan fingerprint density at radius 2 is 1.17 bits per heavy atom. The molecule has 24 heavy (non-hydrogen) atoms. The summed E-state index contributed by atoms with van der Waals surface area (Å²) < 4.78 is 10.7. The Balaban J connectivity index is 1.84. The minimum atomic E-state index is -0.895. The number of carbonyl (C=O) groups is 2. The van der Waals surface area contributed by atoms with Crippen LogP contribution in [0, 0.1) is 23.7 Å². The van der Waals surface area contributed by atoms with Crippen molar-refractivity contribution in [1.82, 2.24) is 9.80 Å². The topological polar surface area (TPSA) is 59.1 Å². The van der Waals surface area contributed by atoms with Crippen LogP contribution in [0.2, 0.25) is 0 Å². The van der Waals surface area contributed by atoms with E-state index in [0.29, 0.717) is 23.9 Å². The van der Waals surface area contributed by atoms with Gasteiger partial charge in [-0.1, -0.05) is 0 Å². The smallest absolute Gasteiger partial charge is 0.329 e. The first-order valence-corrected chi connectivity index (χ1v) is 9.08. The monoisotopic (exact) mass is 334 g/mol. The van der Waals surface area contributed by atoms with E-state index in [2.05, 4.69) is 9.80 Å². The largest absolute Gasteiger partial charge is 0.468 e. The molecular formula is C18H26N2O4. The molecule has 4 saturated heterocycles. The summed E-state index contributed by atoms with van der Waals surface area (Å²) in [5.74, 6) is 0.998. The molecule has 6 nitrogen and oxygen atoms in total. The maximum absolute atomic E-state index is 13.3. The molecule has 132 valence electrons. The number of piperidine rings is 4. The first-order valence-electron chi connectivity index (χ1n) is 9.08. The number of ether oxygens (including phenoxy) is 2. The van der Waals surface area contributed by atoms with Crippen molar-refractivity contribution in [3.05, 3.63) is 0 Å². The summed E-state index contributed by atoms with van der Waals surface area (Å²) in [7, 11) is 6.95. The molecule has 8 atom stereocenters. The highest BCUT2D eigenvalue weighted by Gasteiger charge is 2.86. The van der Waals surface area contributed by atoms with Crippen LogP contribution < -0.4 is 0 Å². The van der Waals surface area contributed by atoms with Gasteiger partial charge in [0.05, 0.1) is 14.2 Å². The lowest BCUT2D eigenvalue weighted by Crippen LogP contribution is -2.95. The average molecular weight is 334 g/mol. The van der Waals surface area contributed by atoms with Gasteiger partial charge in [-0.15, -0.1) is 0 Å². The van der Waals surface area contributed by atoms with Crippen LogP contribution in [0.5, 0.6) is 0 Å². The number of hydrogen-bond donors (Lipinski definition) is 0. The lowest BCUT2D eigenvalue weighted by atomic mass is 9.35. The van der Waals surface area contributed by atoms with Crippen molar-refractivity contribution >= 4 is 11.9 Å². The molecule has 0 radical (unpaired) electrons. The Hall–Kier alpha value is -1.14.